The van der Waals surface area contributed by atoms with Gasteiger partial charge in [0.1, 0.15) is 5.82 Å². The highest BCUT2D eigenvalue weighted by molar-refractivity contribution is 6.04. The highest BCUT2D eigenvalue weighted by Crippen LogP contribution is 2.24. The number of hydrogen-bond acceptors (Lipinski definition) is 2. The van der Waals surface area contributed by atoms with E-state index in [0.717, 1.165) is 33.7 Å². The molecule has 2 N–H and O–H groups in total. The van der Waals surface area contributed by atoms with Crippen molar-refractivity contribution < 1.29 is 4.79 Å². The van der Waals surface area contributed by atoms with Gasteiger partial charge in [0.15, 0.2) is 0 Å². The number of anilines is 1. The van der Waals surface area contributed by atoms with Crippen LogP contribution in [0.4, 0.5) is 5.69 Å². The van der Waals surface area contributed by atoms with Gasteiger partial charge in [0, 0.05) is 16.8 Å². The number of fused-ring (bicyclic) bond motifs is 1. The summed E-state index contributed by atoms with van der Waals surface area (Å²) in [5.41, 5.74) is 7.93. The number of carbonyl (C=O) groups is 1. The van der Waals surface area contributed by atoms with E-state index in [2.05, 4.69) is 41.3 Å². The summed E-state index contributed by atoms with van der Waals surface area (Å²) in [6, 6.07) is 19.5. The maximum Gasteiger partial charge on any atom is 0.255 e. The molecule has 0 spiro atoms. The normalized spacial score (nSPS) is 10.9. The molecule has 3 aromatic carbocycles. The number of amides is 1. The Morgan fingerprint density at radius 3 is 2.41 bits per heavy atom. The van der Waals surface area contributed by atoms with E-state index in [-0.39, 0.29) is 5.91 Å². The predicted molar refractivity (Wildman–Crippen MR) is 110 cm³/mol. The first-order chi connectivity index (χ1) is 13.0. The summed E-state index contributed by atoms with van der Waals surface area (Å²) in [4.78, 5) is 20.4. The number of nitrogens with zero attached hydrogens (tertiary/aromatic N) is 1. The minimum atomic E-state index is -0.110. The van der Waals surface area contributed by atoms with Gasteiger partial charge in [-0.1, -0.05) is 17.7 Å². The van der Waals surface area contributed by atoms with Crippen molar-refractivity contribution in [2.75, 3.05) is 5.32 Å². The zero-order valence-corrected chi connectivity index (χ0v) is 15.6. The summed E-state index contributed by atoms with van der Waals surface area (Å²) >= 11 is 0. The third-order valence-corrected chi connectivity index (χ3v) is 4.79. The number of nitrogens with one attached hydrogen (secondary N) is 2. The molecule has 1 amide bonds. The molecule has 1 heterocycles. The number of aromatic amines is 1. The highest BCUT2D eigenvalue weighted by Gasteiger charge is 2.09. The van der Waals surface area contributed by atoms with Crippen LogP contribution in [-0.4, -0.2) is 15.9 Å². The Bertz CT molecular complexity index is 1100. The van der Waals surface area contributed by atoms with E-state index in [1.807, 2.05) is 55.5 Å². The number of H-pyrrole nitrogens is 1. The predicted octanol–water partition coefficient (Wildman–Crippen LogP) is 5.41. The molecule has 0 aliphatic carbocycles. The molecular formula is C23H21N3O. The van der Waals surface area contributed by atoms with Crippen molar-refractivity contribution in [3.05, 3.63) is 82.9 Å². The van der Waals surface area contributed by atoms with Crippen molar-refractivity contribution in [3.63, 3.8) is 0 Å². The second kappa shape index (κ2) is 6.72. The summed E-state index contributed by atoms with van der Waals surface area (Å²) in [6.45, 7) is 6.16. The monoisotopic (exact) mass is 355 g/mol. The second-order valence-electron chi connectivity index (χ2n) is 6.94. The lowest BCUT2D eigenvalue weighted by atomic mass is 10.1. The standard InChI is InChI=1S/C23H21N3O/c1-14-5-4-6-18(11-14)23(27)24-19-9-7-17(8-10-19)22-25-20-12-15(2)16(3)13-21(20)26-22/h4-13H,1-3H3,(H,24,27)(H,25,26). The van der Waals surface area contributed by atoms with Crippen LogP contribution >= 0.6 is 0 Å². The summed E-state index contributed by atoms with van der Waals surface area (Å²) < 4.78 is 0. The molecule has 0 saturated carbocycles. The minimum Gasteiger partial charge on any atom is -0.338 e. The summed E-state index contributed by atoms with van der Waals surface area (Å²) in [5.74, 6) is 0.715. The molecule has 0 bridgehead atoms. The van der Waals surface area contributed by atoms with Gasteiger partial charge < -0.3 is 10.3 Å². The lowest BCUT2D eigenvalue weighted by Gasteiger charge is -2.06. The first-order valence-corrected chi connectivity index (χ1v) is 8.95. The van der Waals surface area contributed by atoms with Crippen LogP contribution in [0.2, 0.25) is 0 Å². The van der Waals surface area contributed by atoms with E-state index in [0.29, 0.717) is 5.56 Å². The molecule has 4 aromatic rings. The van der Waals surface area contributed by atoms with Crippen molar-refractivity contribution in [2.24, 2.45) is 0 Å². The first-order valence-electron chi connectivity index (χ1n) is 8.95. The van der Waals surface area contributed by atoms with Crippen LogP contribution in [0.15, 0.2) is 60.7 Å². The Kier molecular flexibility index (Phi) is 4.24. The highest BCUT2D eigenvalue weighted by atomic mass is 16.1. The quantitative estimate of drug-likeness (QED) is 0.516. The van der Waals surface area contributed by atoms with E-state index in [1.54, 1.807) is 0 Å². The lowest BCUT2D eigenvalue weighted by Crippen LogP contribution is -2.11. The fraction of sp³-hybridized carbons (Fsp3) is 0.130. The number of imidazole rings is 1. The number of aromatic nitrogens is 2. The van der Waals surface area contributed by atoms with Gasteiger partial charge in [0.25, 0.3) is 5.91 Å². The van der Waals surface area contributed by atoms with E-state index in [1.165, 1.54) is 11.1 Å². The van der Waals surface area contributed by atoms with Crippen LogP contribution in [0.1, 0.15) is 27.0 Å². The minimum absolute atomic E-state index is 0.110. The van der Waals surface area contributed by atoms with Crippen molar-refractivity contribution in [1.29, 1.82) is 0 Å². The summed E-state index contributed by atoms with van der Waals surface area (Å²) in [7, 11) is 0. The van der Waals surface area contributed by atoms with Crippen molar-refractivity contribution in [2.45, 2.75) is 20.8 Å². The van der Waals surface area contributed by atoms with Crippen LogP contribution in [0.3, 0.4) is 0 Å². The Morgan fingerprint density at radius 2 is 1.67 bits per heavy atom. The molecule has 4 nitrogen and oxygen atoms in total. The van der Waals surface area contributed by atoms with E-state index in [4.69, 9.17) is 0 Å². The number of hydrogen-bond donors (Lipinski definition) is 2. The van der Waals surface area contributed by atoms with Crippen LogP contribution < -0.4 is 5.32 Å². The molecule has 0 atom stereocenters. The third kappa shape index (κ3) is 3.47. The van der Waals surface area contributed by atoms with Gasteiger partial charge in [-0.05, 0) is 80.4 Å². The molecule has 0 aliphatic heterocycles. The Hall–Kier alpha value is -3.40. The van der Waals surface area contributed by atoms with Crippen LogP contribution in [0.25, 0.3) is 22.4 Å². The molecule has 0 saturated heterocycles. The zero-order valence-electron chi connectivity index (χ0n) is 15.6. The van der Waals surface area contributed by atoms with Gasteiger partial charge in [-0.25, -0.2) is 4.98 Å². The topological polar surface area (TPSA) is 57.8 Å². The Labute approximate surface area is 158 Å². The van der Waals surface area contributed by atoms with Crippen LogP contribution in [-0.2, 0) is 0 Å². The summed E-state index contributed by atoms with van der Waals surface area (Å²) in [6.07, 6.45) is 0. The molecule has 0 aliphatic rings. The molecule has 134 valence electrons. The molecular weight excluding hydrogens is 334 g/mol. The fourth-order valence-electron chi connectivity index (χ4n) is 3.11. The number of benzene rings is 3. The molecule has 27 heavy (non-hydrogen) atoms. The Balaban J connectivity index is 1.56. The largest absolute Gasteiger partial charge is 0.338 e. The van der Waals surface area contributed by atoms with Crippen molar-refractivity contribution >= 4 is 22.6 Å². The van der Waals surface area contributed by atoms with Gasteiger partial charge in [-0.2, -0.15) is 0 Å². The molecule has 0 fully saturated rings. The molecule has 4 rings (SSSR count). The van der Waals surface area contributed by atoms with Gasteiger partial charge in [-0.15, -0.1) is 0 Å². The van der Waals surface area contributed by atoms with Gasteiger partial charge in [0.05, 0.1) is 11.0 Å². The Morgan fingerprint density at radius 1 is 0.926 bits per heavy atom. The van der Waals surface area contributed by atoms with Gasteiger partial charge >= 0.3 is 0 Å². The molecule has 1 aromatic heterocycles. The van der Waals surface area contributed by atoms with E-state index >= 15 is 0 Å². The smallest absolute Gasteiger partial charge is 0.255 e. The van der Waals surface area contributed by atoms with Crippen molar-refractivity contribution in [3.8, 4) is 11.4 Å². The van der Waals surface area contributed by atoms with Gasteiger partial charge in [0.2, 0.25) is 0 Å². The summed E-state index contributed by atoms with van der Waals surface area (Å²) in [5, 5.41) is 2.94. The van der Waals surface area contributed by atoms with E-state index in [9.17, 15) is 4.79 Å². The van der Waals surface area contributed by atoms with E-state index < -0.39 is 0 Å². The molecule has 4 heteroatoms. The average molecular weight is 355 g/mol. The molecule has 0 radical (unpaired) electrons. The lowest BCUT2D eigenvalue weighted by molar-refractivity contribution is 0.102. The number of aryl methyl sites for hydroxylation is 3. The average Bonchev–Trinajstić information content (AvgIpc) is 3.05. The van der Waals surface area contributed by atoms with Crippen molar-refractivity contribution in [1.82, 2.24) is 9.97 Å². The number of carbonyl (C=O) groups excluding carboxylic acids is 1. The fourth-order valence-corrected chi connectivity index (χ4v) is 3.11. The van der Waals surface area contributed by atoms with Crippen LogP contribution in [0, 0.1) is 20.8 Å². The first kappa shape index (κ1) is 17.0. The van der Waals surface area contributed by atoms with Crippen LogP contribution in [0.5, 0.6) is 0 Å². The molecule has 0 unspecified atom stereocenters. The maximum absolute atomic E-state index is 12.4. The second-order valence-corrected chi connectivity index (χ2v) is 6.94. The zero-order chi connectivity index (χ0) is 19.0. The number of rotatable bonds is 3. The SMILES string of the molecule is Cc1cccc(C(=O)Nc2ccc(-c3nc4cc(C)c(C)cc4[nH]3)cc2)c1. The third-order valence-electron chi connectivity index (χ3n) is 4.79. The maximum atomic E-state index is 12.4. The van der Waals surface area contributed by atoms with Gasteiger partial charge in [-0.3, -0.25) is 4.79 Å².